The summed E-state index contributed by atoms with van der Waals surface area (Å²) in [6.07, 6.45) is 4.72. The smallest absolute Gasteiger partial charge is 0.309 e. The number of carboxylic acids is 1. The van der Waals surface area contributed by atoms with E-state index in [2.05, 4.69) is 0 Å². The molecule has 1 N–H and O–H groups in total. The van der Waals surface area contributed by atoms with Crippen molar-refractivity contribution in [3.8, 4) is 0 Å². The van der Waals surface area contributed by atoms with Crippen molar-refractivity contribution in [1.29, 1.82) is 0 Å². The molecule has 0 bridgehead atoms. The van der Waals surface area contributed by atoms with Crippen LogP contribution in [0.25, 0.3) is 0 Å². The predicted molar refractivity (Wildman–Crippen MR) is 68.4 cm³/mol. The van der Waals surface area contributed by atoms with Gasteiger partial charge < -0.3 is 5.11 Å². The van der Waals surface area contributed by atoms with Crippen LogP contribution in [0.4, 0.5) is 8.78 Å². The van der Waals surface area contributed by atoms with Crippen LogP contribution in [0.1, 0.15) is 55.6 Å². The van der Waals surface area contributed by atoms with Gasteiger partial charge in [-0.05, 0) is 24.3 Å². The quantitative estimate of drug-likeness (QED) is 0.884. The molecule has 0 spiro atoms. The highest BCUT2D eigenvalue weighted by Gasteiger charge is 2.34. The van der Waals surface area contributed by atoms with Crippen molar-refractivity contribution in [1.82, 2.24) is 0 Å². The minimum Gasteiger partial charge on any atom is -0.481 e. The van der Waals surface area contributed by atoms with Crippen LogP contribution in [0.15, 0.2) is 24.3 Å². The van der Waals surface area contributed by atoms with Crippen LogP contribution < -0.4 is 0 Å². The molecule has 1 aliphatic rings. The van der Waals surface area contributed by atoms with Crippen LogP contribution in [0, 0.1) is 0 Å². The number of benzene rings is 1. The van der Waals surface area contributed by atoms with Gasteiger partial charge >= 0.3 is 5.97 Å². The van der Waals surface area contributed by atoms with E-state index in [0.29, 0.717) is 5.92 Å². The van der Waals surface area contributed by atoms with Crippen LogP contribution >= 0.6 is 0 Å². The molecule has 0 atom stereocenters. The zero-order valence-corrected chi connectivity index (χ0v) is 10.7. The van der Waals surface area contributed by atoms with Crippen molar-refractivity contribution in [3.05, 3.63) is 35.4 Å². The molecular weight excluding hydrogens is 250 g/mol. The molecule has 1 fully saturated rings. The standard InChI is InChI=1S/C15H18F2O2/c16-15(17,10-14(18)19)13-8-6-12(7-9-13)11-4-2-1-3-5-11/h6-9,11H,1-5,10H2,(H,18,19). The number of alkyl halides is 2. The van der Waals surface area contributed by atoms with Crippen molar-refractivity contribution in [2.24, 2.45) is 0 Å². The van der Waals surface area contributed by atoms with Crippen LogP contribution in [0.2, 0.25) is 0 Å². The first-order chi connectivity index (χ1) is 8.99. The van der Waals surface area contributed by atoms with Gasteiger partial charge in [0.05, 0.1) is 0 Å². The second-order valence-electron chi connectivity index (χ2n) is 5.23. The first kappa shape index (κ1) is 14.0. The molecule has 0 radical (unpaired) electrons. The maximum absolute atomic E-state index is 13.6. The molecule has 104 valence electrons. The van der Waals surface area contributed by atoms with Gasteiger partial charge in [-0.15, -0.1) is 0 Å². The van der Waals surface area contributed by atoms with E-state index in [9.17, 15) is 13.6 Å². The molecule has 0 saturated heterocycles. The molecule has 1 saturated carbocycles. The van der Waals surface area contributed by atoms with Crippen molar-refractivity contribution in [2.45, 2.75) is 50.4 Å². The minimum absolute atomic E-state index is 0.213. The summed E-state index contributed by atoms with van der Waals surface area (Å²) in [6, 6.07) is 6.18. The van der Waals surface area contributed by atoms with Crippen LogP contribution in [-0.2, 0) is 10.7 Å². The fraction of sp³-hybridized carbons (Fsp3) is 0.533. The molecule has 0 aromatic heterocycles. The van der Waals surface area contributed by atoms with Crippen molar-refractivity contribution < 1.29 is 18.7 Å². The lowest BCUT2D eigenvalue weighted by Crippen LogP contribution is -2.18. The third-order valence-electron chi connectivity index (χ3n) is 3.78. The van der Waals surface area contributed by atoms with E-state index in [1.54, 1.807) is 12.1 Å². The Balaban J connectivity index is 2.11. The number of carbonyl (C=O) groups is 1. The summed E-state index contributed by atoms with van der Waals surface area (Å²) in [4.78, 5) is 10.4. The fourth-order valence-electron chi connectivity index (χ4n) is 2.73. The SMILES string of the molecule is O=C(O)CC(F)(F)c1ccc(C2CCCCC2)cc1. The van der Waals surface area contributed by atoms with E-state index >= 15 is 0 Å². The Labute approximate surface area is 111 Å². The number of hydrogen-bond donors (Lipinski definition) is 1. The molecule has 2 nitrogen and oxygen atoms in total. The van der Waals surface area contributed by atoms with Gasteiger partial charge in [-0.1, -0.05) is 43.5 Å². The van der Waals surface area contributed by atoms with Gasteiger partial charge in [-0.3, -0.25) is 4.79 Å². The third kappa shape index (κ3) is 3.52. The maximum Gasteiger partial charge on any atom is 0.309 e. The second-order valence-corrected chi connectivity index (χ2v) is 5.23. The first-order valence-electron chi connectivity index (χ1n) is 6.69. The van der Waals surface area contributed by atoms with E-state index in [0.717, 1.165) is 18.4 Å². The zero-order chi connectivity index (χ0) is 13.9. The number of halogens is 2. The Bertz CT molecular complexity index is 434. The van der Waals surface area contributed by atoms with Crippen LogP contribution in [0.5, 0.6) is 0 Å². The Morgan fingerprint density at radius 2 is 1.74 bits per heavy atom. The Kier molecular flexibility index (Phi) is 4.17. The molecule has 4 heteroatoms. The molecule has 1 aliphatic carbocycles. The molecule has 1 aromatic carbocycles. The highest BCUT2D eigenvalue weighted by molar-refractivity contribution is 5.68. The Morgan fingerprint density at radius 1 is 1.16 bits per heavy atom. The molecule has 19 heavy (non-hydrogen) atoms. The second kappa shape index (κ2) is 5.68. The molecule has 0 aliphatic heterocycles. The van der Waals surface area contributed by atoms with Gasteiger partial charge in [0.1, 0.15) is 6.42 Å². The third-order valence-corrected chi connectivity index (χ3v) is 3.78. The van der Waals surface area contributed by atoms with E-state index in [1.165, 1.54) is 31.4 Å². The summed E-state index contributed by atoms with van der Waals surface area (Å²) in [6.45, 7) is 0. The molecule has 0 amide bonds. The van der Waals surface area contributed by atoms with Gasteiger partial charge in [-0.2, -0.15) is 0 Å². The molecule has 2 rings (SSSR count). The summed E-state index contributed by atoms with van der Waals surface area (Å²) in [7, 11) is 0. The lowest BCUT2D eigenvalue weighted by Gasteiger charge is -2.22. The molecular formula is C15H18F2O2. The topological polar surface area (TPSA) is 37.3 Å². The average molecular weight is 268 g/mol. The monoisotopic (exact) mass is 268 g/mol. The van der Waals surface area contributed by atoms with E-state index < -0.39 is 18.3 Å². The number of rotatable bonds is 4. The number of carboxylic acid groups (broad SMARTS) is 1. The summed E-state index contributed by atoms with van der Waals surface area (Å²) in [5.74, 6) is -4.31. The van der Waals surface area contributed by atoms with E-state index in [1.807, 2.05) is 0 Å². The predicted octanol–water partition coefficient (Wildman–Crippen LogP) is 4.30. The molecule has 0 heterocycles. The minimum atomic E-state index is -3.29. The summed E-state index contributed by atoms with van der Waals surface area (Å²) < 4.78 is 27.2. The van der Waals surface area contributed by atoms with Crippen molar-refractivity contribution in [3.63, 3.8) is 0 Å². The lowest BCUT2D eigenvalue weighted by molar-refractivity contribution is -0.145. The zero-order valence-electron chi connectivity index (χ0n) is 10.7. The maximum atomic E-state index is 13.6. The van der Waals surface area contributed by atoms with Gasteiger partial charge in [0, 0.05) is 5.56 Å². The normalized spacial score (nSPS) is 17.4. The van der Waals surface area contributed by atoms with Gasteiger partial charge in [0.15, 0.2) is 0 Å². The van der Waals surface area contributed by atoms with Crippen LogP contribution in [0.3, 0.4) is 0 Å². The van der Waals surface area contributed by atoms with E-state index in [-0.39, 0.29) is 5.56 Å². The first-order valence-corrected chi connectivity index (χ1v) is 6.69. The van der Waals surface area contributed by atoms with Crippen molar-refractivity contribution in [2.75, 3.05) is 0 Å². The molecule has 1 aromatic rings. The Hall–Kier alpha value is -1.45. The van der Waals surface area contributed by atoms with Gasteiger partial charge in [0.25, 0.3) is 5.92 Å². The molecule has 0 unspecified atom stereocenters. The Morgan fingerprint density at radius 3 is 2.26 bits per heavy atom. The van der Waals surface area contributed by atoms with Crippen LogP contribution in [-0.4, -0.2) is 11.1 Å². The summed E-state index contributed by atoms with van der Waals surface area (Å²) >= 11 is 0. The number of hydrogen-bond acceptors (Lipinski definition) is 1. The summed E-state index contributed by atoms with van der Waals surface area (Å²) in [5.41, 5.74) is 0.879. The fourth-order valence-corrected chi connectivity index (χ4v) is 2.73. The summed E-state index contributed by atoms with van der Waals surface area (Å²) in [5, 5.41) is 8.49. The highest BCUT2D eigenvalue weighted by Crippen LogP contribution is 2.35. The van der Waals surface area contributed by atoms with E-state index in [4.69, 9.17) is 5.11 Å². The largest absolute Gasteiger partial charge is 0.481 e. The number of aliphatic carboxylic acids is 1. The van der Waals surface area contributed by atoms with Crippen molar-refractivity contribution >= 4 is 5.97 Å². The average Bonchev–Trinajstić information content (AvgIpc) is 2.38. The van der Waals surface area contributed by atoms with Gasteiger partial charge in [-0.25, -0.2) is 8.78 Å². The highest BCUT2D eigenvalue weighted by atomic mass is 19.3. The van der Waals surface area contributed by atoms with Gasteiger partial charge in [0.2, 0.25) is 0 Å². The lowest BCUT2D eigenvalue weighted by atomic mass is 9.83.